The molecule has 0 amide bonds. The molecular formula is C16H19NO. The summed E-state index contributed by atoms with van der Waals surface area (Å²) in [6, 6.07) is 9.77. The van der Waals surface area contributed by atoms with Gasteiger partial charge in [-0.1, -0.05) is 45.0 Å². The summed E-state index contributed by atoms with van der Waals surface area (Å²) in [7, 11) is 0. The Morgan fingerprint density at radius 2 is 2.06 bits per heavy atom. The molecule has 2 nitrogen and oxygen atoms in total. The normalized spacial score (nSPS) is 16.5. The van der Waals surface area contributed by atoms with Crippen LogP contribution in [0.4, 0.5) is 0 Å². The van der Waals surface area contributed by atoms with Crippen molar-refractivity contribution in [3.05, 3.63) is 64.1 Å². The average molecular weight is 246 g/mol. The number of aryl methyl sites for hydroxylation is 1. The van der Waals surface area contributed by atoms with Gasteiger partial charge in [0.05, 0.1) is 5.69 Å². The molecule has 0 N–H and O–H groups in total. The molecule has 0 atom stereocenters. The fourth-order valence-electron chi connectivity index (χ4n) is 1.94. The monoisotopic (exact) mass is 246 g/mol. The van der Waals surface area contributed by atoms with E-state index in [4.69, 9.17) is 6.85 Å². The van der Waals surface area contributed by atoms with E-state index < -0.39 is 13.2 Å². The highest BCUT2D eigenvalue weighted by molar-refractivity contribution is 5.43. The van der Waals surface area contributed by atoms with Gasteiger partial charge in [0.25, 0.3) is 5.56 Å². The van der Waals surface area contributed by atoms with Crippen LogP contribution < -0.4 is 5.56 Å². The topological polar surface area (TPSA) is 22.0 Å². The largest absolute Gasteiger partial charge is 0.284 e. The van der Waals surface area contributed by atoms with Gasteiger partial charge in [-0.3, -0.25) is 9.36 Å². The van der Waals surface area contributed by atoms with Crippen molar-refractivity contribution in [2.45, 2.75) is 33.0 Å². The molecule has 1 aromatic carbocycles. The highest BCUT2D eigenvalue weighted by Crippen LogP contribution is 2.21. The third-order valence-corrected chi connectivity index (χ3v) is 2.87. The van der Waals surface area contributed by atoms with Crippen molar-refractivity contribution in [1.82, 2.24) is 4.57 Å². The average Bonchev–Trinajstić information content (AvgIpc) is 2.46. The number of benzene rings is 1. The molecule has 18 heavy (non-hydrogen) atoms. The molecule has 0 aliphatic rings. The molecular weight excluding hydrogens is 222 g/mol. The van der Waals surface area contributed by atoms with Crippen molar-refractivity contribution >= 4 is 0 Å². The molecule has 1 aromatic heterocycles. The lowest BCUT2D eigenvalue weighted by molar-refractivity contribution is 0.834. The van der Waals surface area contributed by atoms with Crippen molar-refractivity contribution in [3.63, 3.8) is 0 Å². The lowest BCUT2D eigenvalue weighted by atomic mass is 10.0. The number of pyridine rings is 1. The summed E-state index contributed by atoms with van der Waals surface area (Å²) in [6.45, 7) is 1.18. The van der Waals surface area contributed by atoms with E-state index in [0.717, 1.165) is 5.56 Å². The lowest BCUT2D eigenvalue weighted by Crippen LogP contribution is -2.18. The molecule has 0 aliphatic carbocycles. The first-order chi connectivity index (χ1) is 10.6. The van der Waals surface area contributed by atoms with Crippen molar-refractivity contribution < 1.29 is 6.85 Å². The van der Waals surface area contributed by atoms with E-state index in [1.54, 1.807) is 12.1 Å². The first-order valence-electron chi connectivity index (χ1n) is 8.38. The maximum absolute atomic E-state index is 12.2. The van der Waals surface area contributed by atoms with Crippen LogP contribution in [0.3, 0.4) is 0 Å². The third kappa shape index (κ3) is 2.37. The molecule has 0 fully saturated rings. The fourth-order valence-corrected chi connectivity index (χ4v) is 1.94. The second kappa shape index (κ2) is 5.21. The Hall–Kier alpha value is -1.83. The van der Waals surface area contributed by atoms with Gasteiger partial charge in [0.15, 0.2) is 0 Å². The Morgan fingerprint density at radius 1 is 1.28 bits per heavy atom. The molecule has 0 bridgehead atoms. The molecule has 2 rings (SSSR count). The van der Waals surface area contributed by atoms with Crippen molar-refractivity contribution in [3.8, 4) is 5.69 Å². The highest BCUT2D eigenvalue weighted by atomic mass is 16.1. The summed E-state index contributed by atoms with van der Waals surface area (Å²) in [4.78, 5) is 12.2. The summed E-state index contributed by atoms with van der Waals surface area (Å²) in [6.07, 6.45) is -1.24. The van der Waals surface area contributed by atoms with Crippen molar-refractivity contribution in [2.24, 2.45) is 0 Å². The minimum absolute atomic E-state index is 0.0457. The number of rotatable bonds is 3. The molecule has 94 valence electrons. The maximum atomic E-state index is 12.2. The molecule has 0 saturated carbocycles. The molecule has 0 radical (unpaired) electrons. The Balaban J connectivity index is 2.67. The summed E-state index contributed by atoms with van der Waals surface area (Å²) in [5, 5.41) is 0. The molecule has 2 heteroatoms. The van der Waals surface area contributed by atoms with E-state index in [2.05, 4.69) is 0 Å². The zero-order valence-electron chi connectivity index (χ0n) is 15.5. The minimum Gasteiger partial charge on any atom is -0.284 e. The van der Waals surface area contributed by atoms with Crippen LogP contribution in [0.5, 0.6) is 0 Å². The van der Waals surface area contributed by atoms with Gasteiger partial charge in [-0.25, -0.2) is 0 Å². The molecule has 0 unspecified atom stereocenters. The van der Waals surface area contributed by atoms with Crippen molar-refractivity contribution in [1.29, 1.82) is 0 Å². The van der Waals surface area contributed by atoms with E-state index in [0.29, 0.717) is 5.69 Å². The van der Waals surface area contributed by atoms with Crippen LogP contribution in [0.25, 0.3) is 5.69 Å². The molecule has 0 spiro atoms. The van der Waals surface area contributed by atoms with Crippen LogP contribution in [0.2, 0.25) is 0 Å². The number of nitrogens with zero attached hydrogens (tertiary/aromatic N) is 1. The molecule has 0 saturated heterocycles. The summed E-state index contributed by atoms with van der Waals surface area (Å²) in [5.41, 5.74) is 1.19. The Labute approximate surface area is 115 Å². The number of hydrogen-bond donors (Lipinski definition) is 0. The maximum Gasteiger partial charge on any atom is 0.255 e. The van der Waals surface area contributed by atoms with Gasteiger partial charge in [-0.05, 0) is 29.5 Å². The fraction of sp³-hybridized carbons (Fsp3) is 0.312. The Bertz CT molecular complexity index is 762. The minimum atomic E-state index is -2.81. The van der Waals surface area contributed by atoms with Crippen LogP contribution in [0, 0.1) is 0 Å². The van der Waals surface area contributed by atoms with Gasteiger partial charge in [0.2, 0.25) is 0 Å². The molecule has 2 aromatic rings. The van der Waals surface area contributed by atoms with E-state index >= 15 is 0 Å². The highest BCUT2D eigenvalue weighted by Gasteiger charge is 2.08. The summed E-state index contributed by atoms with van der Waals surface area (Å²) in [5.74, 6) is 0.168. The van der Waals surface area contributed by atoms with Gasteiger partial charge < -0.3 is 0 Å². The first kappa shape index (κ1) is 7.57. The number of hydrogen-bond acceptors (Lipinski definition) is 1. The van der Waals surface area contributed by atoms with Crippen LogP contribution in [0.1, 0.15) is 44.6 Å². The molecule has 1 heterocycles. The van der Waals surface area contributed by atoms with Crippen molar-refractivity contribution in [2.75, 3.05) is 0 Å². The predicted octanol–water partition coefficient (Wildman–Crippen LogP) is 3.52. The van der Waals surface area contributed by atoms with Gasteiger partial charge in [0, 0.05) is 19.1 Å². The quantitative estimate of drug-likeness (QED) is 0.812. The number of para-hydroxylation sites is 1. The van der Waals surface area contributed by atoms with Crippen LogP contribution in [-0.4, -0.2) is 4.57 Å². The van der Waals surface area contributed by atoms with E-state index in [-0.39, 0.29) is 17.0 Å². The second-order valence-corrected chi connectivity index (χ2v) is 4.46. The zero-order valence-corrected chi connectivity index (χ0v) is 10.5. The lowest BCUT2D eigenvalue weighted by Gasteiger charge is -2.15. The second-order valence-electron chi connectivity index (χ2n) is 4.46. The van der Waals surface area contributed by atoms with Crippen LogP contribution in [0.15, 0.2) is 47.4 Å². The summed E-state index contributed by atoms with van der Waals surface area (Å²) >= 11 is 0. The van der Waals surface area contributed by atoms with E-state index in [1.165, 1.54) is 22.9 Å². The first-order valence-corrected chi connectivity index (χ1v) is 5.88. The Morgan fingerprint density at radius 3 is 2.78 bits per heavy atom. The van der Waals surface area contributed by atoms with Gasteiger partial charge in [-0.2, -0.15) is 0 Å². The Kier molecular flexibility index (Phi) is 2.19. The predicted molar refractivity (Wildman–Crippen MR) is 75.5 cm³/mol. The standard InChI is InChI=1S/C16H19NO/c1-4-13-9-10-16(18)17(11-13)15-8-6-5-7-14(15)12(2)3/h5-12H,4H2,1-3H3/i1D3,4D2. The molecule has 0 aliphatic heterocycles. The number of aromatic nitrogens is 1. The van der Waals surface area contributed by atoms with Gasteiger partial charge >= 0.3 is 0 Å². The smallest absolute Gasteiger partial charge is 0.255 e. The van der Waals surface area contributed by atoms with E-state index in [9.17, 15) is 4.79 Å². The van der Waals surface area contributed by atoms with Gasteiger partial charge in [0.1, 0.15) is 0 Å². The van der Waals surface area contributed by atoms with Gasteiger partial charge in [-0.15, -0.1) is 0 Å². The van der Waals surface area contributed by atoms with Crippen LogP contribution in [-0.2, 0) is 6.37 Å². The van der Waals surface area contributed by atoms with Crippen LogP contribution >= 0.6 is 0 Å². The third-order valence-electron chi connectivity index (χ3n) is 2.87. The van der Waals surface area contributed by atoms with E-state index in [1.807, 2.05) is 26.0 Å². The SMILES string of the molecule is [2H]C([2H])([2H])C([2H])([2H])c1ccc(=O)n(-c2ccccc2C(C)C)c1. The zero-order chi connectivity index (χ0) is 17.4. The summed E-state index contributed by atoms with van der Waals surface area (Å²) < 4.78 is 39.2.